The van der Waals surface area contributed by atoms with Crippen LogP contribution >= 0.6 is 0 Å². The predicted molar refractivity (Wildman–Crippen MR) is 106 cm³/mol. The lowest BCUT2D eigenvalue weighted by Crippen LogP contribution is -2.31. The Hall–Kier alpha value is -2.11. The van der Waals surface area contributed by atoms with Crippen molar-refractivity contribution in [3.8, 4) is 0 Å². The molecule has 2 rings (SSSR count). The van der Waals surface area contributed by atoms with Gasteiger partial charge in [0.1, 0.15) is 0 Å². The van der Waals surface area contributed by atoms with Crippen LogP contribution in [0.1, 0.15) is 43.5 Å². The summed E-state index contributed by atoms with van der Waals surface area (Å²) in [6.45, 7) is 12.3. The van der Waals surface area contributed by atoms with E-state index in [-0.39, 0.29) is 0 Å². The number of aliphatic hydroxyl groups is 1. The maximum Gasteiger partial charge on any atom is 0.0963 e. The van der Waals surface area contributed by atoms with Gasteiger partial charge in [-0.1, -0.05) is 12.1 Å². The van der Waals surface area contributed by atoms with Gasteiger partial charge >= 0.3 is 0 Å². The van der Waals surface area contributed by atoms with Crippen LogP contribution in [0.5, 0.6) is 0 Å². The lowest BCUT2D eigenvalue weighted by molar-refractivity contribution is 0.152. The average Bonchev–Trinajstić information content (AvgIpc) is 2.53. The van der Waals surface area contributed by atoms with E-state index in [1.165, 1.54) is 0 Å². The Kier molecular flexibility index (Phi) is 7.00. The Balaban J connectivity index is 2.10. The summed E-state index contributed by atoms with van der Waals surface area (Å²) in [4.78, 5) is 16.1. The molecule has 0 radical (unpaired) electrons. The van der Waals surface area contributed by atoms with Gasteiger partial charge in [-0.3, -0.25) is 19.9 Å². The van der Waals surface area contributed by atoms with Gasteiger partial charge in [-0.25, -0.2) is 0 Å². The average molecular weight is 354 g/mol. The molecule has 5 nitrogen and oxygen atoms in total. The maximum atomic E-state index is 10.0. The molecule has 2 heterocycles. The first-order chi connectivity index (χ1) is 12.2. The number of aliphatic imine (C=N–C) groups is 1. The lowest BCUT2D eigenvalue weighted by Gasteiger charge is -2.22. The monoisotopic (exact) mass is 354 g/mol. The van der Waals surface area contributed by atoms with Crippen LogP contribution in [-0.4, -0.2) is 44.4 Å². The van der Waals surface area contributed by atoms with Crippen molar-refractivity contribution in [1.29, 1.82) is 0 Å². The zero-order chi connectivity index (χ0) is 19.2. The molecule has 2 aromatic rings. The first-order valence-electron chi connectivity index (χ1n) is 9.05. The molecule has 0 aliphatic carbocycles. The molecule has 0 atom stereocenters. The lowest BCUT2D eigenvalue weighted by atomic mass is 10.1. The number of hydrogen-bond acceptors (Lipinski definition) is 5. The van der Waals surface area contributed by atoms with E-state index < -0.39 is 5.60 Å². The number of rotatable bonds is 8. The zero-order valence-electron chi connectivity index (χ0n) is 16.5. The van der Waals surface area contributed by atoms with Crippen LogP contribution in [0.25, 0.3) is 0 Å². The highest BCUT2D eigenvalue weighted by molar-refractivity contribution is 5.89. The Morgan fingerprint density at radius 2 is 1.50 bits per heavy atom. The summed E-state index contributed by atoms with van der Waals surface area (Å²) in [7, 11) is 0. The van der Waals surface area contributed by atoms with Crippen molar-refractivity contribution >= 4 is 5.71 Å². The van der Waals surface area contributed by atoms with Crippen molar-refractivity contribution in [3.63, 3.8) is 0 Å². The van der Waals surface area contributed by atoms with Crippen molar-refractivity contribution in [2.75, 3.05) is 13.1 Å². The van der Waals surface area contributed by atoms with E-state index in [0.29, 0.717) is 6.54 Å². The van der Waals surface area contributed by atoms with Gasteiger partial charge in [0.05, 0.1) is 23.5 Å². The molecule has 26 heavy (non-hydrogen) atoms. The Bertz CT molecular complexity index is 702. The number of nitrogens with zero attached hydrogens (tertiary/aromatic N) is 4. The van der Waals surface area contributed by atoms with Gasteiger partial charge in [-0.05, 0) is 58.9 Å². The molecule has 0 fully saturated rings. The number of aromatic nitrogens is 2. The Labute approximate surface area is 156 Å². The third-order valence-corrected chi connectivity index (χ3v) is 4.31. The van der Waals surface area contributed by atoms with E-state index in [0.717, 1.165) is 48.1 Å². The predicted octanol–water partition coefficient (Wildman–Crippen LogP) is 3.33. The molecule has 140 valence electrons. The molecular formula is C21H30N4O. The molecule has 0 aliphatic rings. The van der Waals surface area contributed by atoms with Gasteiger partial charge in [0.25, 0.3) is 0 Å². The van der Waals surface area contributed by atoms with Crippen molar-refractivity contribution in [2.45, 2.75) is 53.3 Å². The maximum absolute atomic E-state index is 10.0. The van der Waals surface area contributed by atoms with Gasteiger partial charge in [-0.15, -0.1) is 0 Å². The first-order valence-corrected chi connectivity index (χ1v) is 9.05. The van der Waals surface area contributed by atoms with Gasteiger partial charge in [-0.2, -0.15) is 0 Å². The van der Waals surface area contributed by atoms with Crippen molar-refractivity contribution < 1.29 is 5.11 Å². The quantitative estimate of drug-likeness (QED) is 0.739. The molecule has 0 bridgehead atoms. The van der Waals surface area contributed by atoms with Gasteiger partial charge in [0.15, 0.2) is 0 Å². The zero-order valence-corrected chi connectivity index (χ0v) is 16.5. The summed E-state index contributed by atoms with van der Waals surface area (Å²) < 4.78 is 0. The normalized spacial score (nSPS) is 12.7. The second-order valence-corrected chi connectivity index (χ2v) is 7.28. The summed E-state index contributed by atoms with van der Waals surface area (Å²) >= 11 is 0. The van der Waals surface area contributed by atoms with E-state index in [9.17, 15) is 5.11 Å². The van der Waals surface area contributed by atoms with E-state index in [1.807, 2.05) is 45.0 Å². The van der Waals surface area contributed by atoms with Crippen molar-refractivity contribution in [2.24, 2.45) is 4.99 Å². The highest BCUT2D eigenvalue weighted by atomic mass is 16.3. The highest BCUT2D eigenvalue weighted by Gasteiger charge is 2.16. The van der Waals surface area contributed by atoms with E-state index in [2.05, 4.69) is 32.0 Å². The topological polar surface area (TPSA) is 61.6 Å². The van der Waals surface area contributed by atoms with E-state index >= 15 is 0 Å². The SMILES string of the molecule is CC(=NCCN(Cc1cccc(C)n1)Cc1cccc(C)n1)C(C)(C)O. The first kappa shape index (κ1) is 20.2. The van der Waals surface area contributed by atoms with Gasteiger partial charge < -0.3 is 5.11 Å². The molecule has 5 heteroatoms. The smallest absolute Gasteiger partial charge is 0.0963 e. The third-order valence-electron chi connectivity index (χ3n) is 4.31. The second kappa shape index (κ2) is 9.01. The standard InChI is InChI=1S/C21H30N4O/c1-16-8-6-10-19(23-16)14-25(13-12-22-18(3)21(4,5)26)15-20-11-7-9-17(2)24-20/h6-11,26H,12-15H2,1-5H3. The number of aryl methyl sites for hydroxylation is 2. The molecule has 0 aliphatic heterocycles. The molecule has 0 saturated carbocycles. The highest BCUT2D eigenvalue weighted by Crippen LogP contribution is 2.09. The van der Waals surface area contributed by atoms with Crippen LogP contribution in [-0.2, 0) is 13.1 Å². The largest absolute Gasteiger partial charge is 0.385 e. The summed E-state index contributed by atoms with van der Waals surface area (Å²) in [5.74, 6) is 0. The third kappa shape index (κ3) is 6.65. The minimum atomic E-state index is -0.874. The van der Waals surface area contributed by atoms with Crippen LogP contribution in [0, 0.1) is 13.8 Å². The molecule has 0 spiro atoms. The Morgan fingerprint density at radius 3 is 1.92 bits per heavy atom. The fourth-order valence-corrected chi connectivity index (χ4v) is 2.60. The van der Waals surface area contributed by atoms with Crippen molar-refractivity contribution in [1.82, 2.24) is 14.9 Å². The number of pyridine rings is 2. The van der Waals surface area contributed by atoms with Crippen LogP contribution in [0.2, 0.25) is 0 Å². The molecule has 0 unspecified atom stereocenters. The van der Waals surface area contributed by atoms with Gasteiger partial charge in [0, 0.05) is 36.7 Å². The minimum Gasteiger partial charge on any atom is -0.385 e. The molecule has 0 saturated heterocycles. The van der Waals surface area contributed by atoms with Crippen molar-refractivity contribution in [3.05, 3.63) is 59.2 Å². The van der Waals surface area contributed by atoms with Crippen LogP contribution < -0.4 is 0 Å². The van der Waals surface area contributed by atoms with Crippen LogP contribution in [0.4, 0.5) is 0 Å². The fourth-order valence-electron chi connectivity index (χ4n) is 2.60. The van der Waals surface area contributed by atoms with Crippen LogP contribution in [0.3, 0.4) is 0 Å². The van der Waals surface area contributed by atoms with Crippen LogP contribution in [0.15, 0.2) is 41.4 Å². The molecule has 0 amide bonds. The molecule has 1 N–H and O–H groups in total. The Morgan fingerprint density at radius 1 is 1.00 bits per heavy atom. The van der Waals surface area contributed by atoms with E-state index in [4.69, 9.17) is 0 Å². The summed E-state index contributed by atoms with van der Waals surface area (Å²) in [6, 6.07) is 12.2. The van der Waals surface area contributed by atoms with E-state index in [1.54, 1.807) is 13.8 Å². The fraction of sp³-hybridized carbons (Fsp3) is 0.476. The summed E-state index contributed by atoms with van der Waals surface area (Å²) in [5, 5.41) is 10.0. The molecule has 0 aromatic carbocycles. The second-order valence-electron chi connectivity index (χ2n) is 7.28. The minimum absolute atomic E-state index is 0.632. The molecule has 2 aromatic heterocycles. The summed E-state index contributed by atoms with van der Waals surface area (Å²) in [5.41, 5.74) is 4.00. The number of hydrogen-bond donors (Lipinski definition) is 1. The summed E-state index contributed by atoms with van der Waals surface area (Å²) in [6.07, 6.45) is 0. The molecular weight excluding hydrogens is 324 g/mol. The van der Waals surface area contributed by atoms with Gasteiger partial charge in [0.2, 0.25) is 0 Å².